The third kappa shape index (κ3) is 5.07. The number of anilines is 2. The summed E-state index contributed by atoms with van der Waals surface area (Å²) in [5.41, 5.74) is 12.8. The maximum atomic E-state index is 13.2. The number of pyridine rings is 1. The number of β-lactam (4-membered cyclic amide) rings is 1. The van der Waals surface area contributed by atoms with E-state index in [1.165, 1.54) is 16.7 Å². The van der Waals surface area contributed by atoms with Gasteiger partial charge in [0, 0.05) is 41.9 Å². The Morgan fingerprint density at radius 3 is 2.90 bits per heavy atom. The highest BCUT2D eigenvalue weighted by molar-refractivity contribution is 8.00. The topological polar surface area (TPSA) is 194 Å². The molecule has 210 valence electrons. The summed E-state index contributed by atoms with van der Waals surface area (Å²) in [4.78, 5) is 49.0. The van der Waals surface area contributed by atoms with E-state index < -0.39 is 29.2 Å². The van der Waals surface area contributed by atoms with E-state index in [-0.39, 0.29) is 35.4 Å². The SMILES string of the molecule is CCO/N=C(\C(=O)N[C@@H]1C(=O)N2C(C(=O)O)=C(C[n+]3ccn4c(NCCN)cccc43)CS[C@@H]12)c1csc(N)n1. The highest BCUT2D eigenvalue weighted by atomic mass is 32.2. The smallest absolute Gasteiger partial charge is 0.352 e. The van der Waals surface area contributed by atoms with Gasteiger partial charge in [-0.1, -0.05) is 5.16 Å². The van der Waals surface area contributed by atoms with Crippen molar-refractivity contribution >= 4 is 63.2 Å². The molecule has 5 rings (SSSR count). The van der Waals surface area contributed by atoms with E-state index in [1.54, 1.807) is 12.3 Å². The van der Waals surface area contributed by atoms with Crippen LogP contribution >= 0.6 is 23.1 Å². The number of amides is 2. The van der Waals surface area contributed by atoms with Crippen molar-refractivity contribution in [1.29, 1.82) is 0 Å². The van der Waals surface area contributed by atoms with E-state index in [1.807, 2.05) is 39.6 Å². The minimum atomic E-state index is -1.20. The van der Waals surface area contributed by atoms with Crippen LogP contribution in [-0.4, -0.2) is 79.8 Å². The van der Waals surface area contributed by atoms with Gasteiger partial charge in [0.15, 0.2) is 16.7 Å². The molecule has 0 radical (unpaired) electrons. The third-order valence-corrected chi connectivity index (χ3v) is 8.32. The van der Waals surface area contributed by atoms with E-state index in [0.717, 1.165) is 22.8 Å². The monoisotopic (exact) mass is 586 g/mol. The van der Waals surface area contributed by atoms with Crippen molar-refractivity contribution in [1.82, 2.24) is 19.6 Å². The lowest BCUT2D eigenvalue weighted by Gasteiger charge is -2.49. The molecule has 14 nitrogen and oxygen atoms in total. The average molecular weight is 587 g/mol. The minimum absolute atomic E-state index is 0.0704. The molecule has 2 aliphatic rings. The molecule has 0 bridgehead atoms. The summed E-state index contributed by atoms with van der Waals surface area (Å²) < 4.78 is 3.87. The number of carboxylic acid groups (broad SMARTS) is 1. The van der Waals surface area contributed by atoms with Crippen molar-refractivity contribution in [3.63, 3.8) is 0 Å². The summed E-state index contributed by atoms with van der Waals surface area (Å²) in [6.45, 7) is 3.30. The van der Waals surface area contributed by atoms with Gasteiger partial charge in [-0.3, -0.25) is 14.5 Å². The van der Waals surface area contributed by atoms with Crippen molar-refractivity contribution in [2.24, 2.45) is 10.9 Å². The number of thiazole rings is 1. The molecule has 16 heteroatoms. The van der Waals surface area contributed by atoms with E-state index in [0.29, 0.717) is 24.4 Å². The molecule has 40 heavy (non-hydrogen) atoms. The normalized spacial score (nSPS) is 18.9. The van der Waals surface area contributed by atoms with Gasteiger partial charge in [-0.15, -0.1) is 23.1 Å². The molecular weight excluding hydrogens is 558 g/mol. The summed E-state index contributed by atoms with van der Waals surface area (Å²) in [6, 6.07) is 4.82. The molecule has 7 N–H and O–H groups in total. The van der Waals surface area contributed by atoms with Gasteiger partial charge in [-0.25, -0.2) is 14.3 Å². The number of nitrogen functional groups attached to an aromatic ring is 1. The Hall–Kier alpha value is -4.15. The molecule has 0 spiro atoms. The maximum absolute atomic E-state index is 13.2. The fourth-order valence-corrected chi connectivity index (χ4v) is 6.43. The van der Waals surface area contributed by atoms with Gasteiger partial charge < -0.3 is 32.0 Å². The summed E-state index contributed by atoms with van der Waals surface area (Å²) in [6.07, 6.45) is 3.74. The fourth-order valence-electron chi connectivity index (χ4n) is 4.55. The number of nitrogens with two attached hydrogens (primary N) is 2. The highest BCUT2D eigenvalue weighted by Gasteiger charge is 2.54. The van der Waals surface area contributed by atoms with Crippen LogP contribution in [0.15, 0.2) is 52.4 Å². The standard InChI is InChI=1S/C24H27N9O5S2/c1-2-38-30-17(14-12-40-24(26)28-14)20(34)29-18-21(35)33-19(23(36)37)13(11-39-22(18)33)10-31-8-9-32-15(27-7-6-25)4-3-5-16(31)32/h3-5,8-9,12,18,22H,2,6-7,10-11,25H2,1H3,(H4,26,28,29,34,36,37)/p+1/b30-17-/t18-,22+/m1/s1. The number of nitrogens with zero attached hydrogens (tertiary/aromatic N) is 5. The molecule has 0 unspecified atom stereocenters. The molecule has 2 atom stereocenters. The Morgan fingerprint density at radius 2 is 2.20 bits per heavy atom. The number of thioether (sulfide) groups is 1. The molecule has 0 aliphatic carbocycles. The van der Waals surface area contributed by atoms with Crippen molar-refractivity contribution in [3.05, 3.63) is 52.9 Å². The van der Waals surface area contributed by atoms with Crippen LogP contribution in [0, 0.1) is 0 Å². The molecule has 0 aromatic carbocycles. The molecule has 2 amide bonds. The Bertz CT molecular complexity index is 1530. The molecule has 0 saturated carbocycles. The number of aromatic nitrogens is 3. The Balaban J connectivity index is 1.36. The number of aliphatic carboxylic acids is 1. The van der Waals surface area contributed by atoms with Crippen molar-refractivity contribution in [2.75, 3.05) is 36.5 Å². The Kier molecular flexibility index (Phi) is 7.90. The number of imidazole rings is 1. The predicted octanol–water partition coefficient (Wildman–Crippen LogP) is -0.184. The van der Waals surface area contributed by atoms with Crippen LogP contribution in [-0.2, 0) is 25.8 Å². The molecular formula is C24H28N9O5S2+. The van der Waals surface area contributed by atoms with Crippen LogP contribution in [0.1, 0.15) is 12.6 Å². The van der Waals surface area contributed by atoms with Crippen molar-refractivity contribution < 1.29 is 28.9 Å². The summed E-state index contributed by atoms with van der Waals surface area (Å²) >= 11 is 2.52. The number of hydrogen-bond donors (Lipinski definition) is 5. The third-order valence-electron chi connectivity index (χ3n) is 6.31. The Morgan fingerprint density at radius 1 is 1.38 bits per heavy atom. The molecule has 2 aliphatic heterocycles. The van der Waals surface area contributed by atoms with Crippen LogP contribution in [0.3, 0.4) is 0 Å². The number of rotatable bonds is 11. The maximum Gasteiger partial charge on any atom is 0.352 e. The number of hydrogen-bond acceptors (Lipinski definition) is 11. The summed E-state index contributed by atoms with van der Waals surface area (Å²) in [5, 5.41) is 21.1. The van der Waals surface area contributed by atoms with E-state index in [2.05, 4.69) is 20.8 Å². The average Bonchev–Trinajstić information content (AvgIpc) is 3.56. The Labute approximate surface area is 236 Å². The lowest BCUT2D eigenvalue weighted by molar-refractivity contribution is -0.662. The van der Waals surface area contributed by atoms with Gasteiger partial charge in [0.25, 0.3) is 17.5 Å². The highest BCUT2D eigenvalue weighted by Crippen LogP contribution is 2.40. The van der Waals surface area contributed by atoms with Gasteiger partial charge in [-0.2, -0.15) is 4.40 Å². The van der Waals surface area contributed by atoms with Gasteiger partial charge in [0.1, 0.15) is 48.4 Å². The predicted molar refractivity (Wildman–Crippen MR) is 150 cm³/mol. The zero-order valence-electron chi connectivity index (χ0n) is 21.4. The van der Waals surface area contributed by atoms with Crippen molar-refractivity contribution in [2.45, 2.75) is 24.9 Å². The largest absolute Gasteiger partial charge is 0.477 e. The number of oxime groups is 1. The quantitative estimate of drug-likeness (QED) is 0.0870. The summed E-state index contributed by atoms with van der Waals surface area (Å²) in [5.74, 6) is -1.17. The van der Waals surface area contributed by atoms with Crippen LogP contribution in [0.2, 0.25) is 0 Å². The van der Waals surface area contributed by atoms with Crippen LogP contribution in [0.5, 0.6) is 0 Å². The number of carbonyl (C=O) groups is 3. The second-order valence-corrected chi connectivity index (χ2v) is 10.8. The van der Waals surface area contributed by atoms with Gasteiger partial charge in [0.05, 0.1) is 0 Å². The van der Waals surface area contributed by atoms with Gasteiger partial charge >= 0.3 is 5.97 Å². The fraction of sp³-hybridized carbons (Fsp3) is 0.333. The molecule has 1 saturated heterocycles. The van der Waals surface area contributed by atoms with Crippen LogP contribution in [0.25, 0.3) is 5.65 Å². The minimum Gasteiger partial charge on any atom is -0.477 e. The first-order chi connectivity index (χ1) is 19.3. The number of carboxylic acids is 1. The van der Waals surface area contributed by atoms with Crippen LogP contribution < -0.4 is 26.7 Å². The van der Waals surface area contributed by atoms with Crippen molar-refractivity contribution in [3.8, 4) is 0 Å². The lowest BCUT2D eigenvalue weighted by Crippen LogP contribution is -2.71. The van der Waals surface area contributed by atoms with E-state index in [4.69, 9.17) is 16.3 Å². The van der Waals surface area contributed by atoms with Gasteiger partial charge in [-0.05, 0) is 13.0 Å². The molecule has 1 fully saturated rings. The summed E-state index contributed by atoms with van der Waals surface area (Å²) in [7, 11) is 0. The van der Waals surface area contributed by atoms with Gasteiger partial charge in [0.2, 0.25) is 0 Å². The first-order valence-electron chi connectivity index (χ1n) is 12.4. The zero-order valence-corrected chi connectivity index (χ0v) is 23.1. The molecule has 5 heterocycles. The molecule has 3 aromatic heterocycles. The first kappa shape index (κ1) is 27.4. The number of carbonyl (C=O) groups excluding carboxylic acids is 2. The van der Waals surface area contributed by atoms with E-state index in [9.17, 15) is 19.5 Å². The zero-order chi connectivity index (χ0) is 28.4. The molecule has 3 aromatic rings. The number of nitrogens with one attached hydrogen (secondary N) is 2. The second kappa shape index (κ2) is 11.5. The van der Waals surface area contributed by atoms with Crippen LogP contribution in [0.4, 0.5) is 10.9 Å². The number of fused-ring (bicyclic) bond motifs is 2. The van der Waals surface area contributed by atoms with E-state index >= 15 is 0 Å². The lowest BCUT2D eigenvalue weighted by atomic mass is 10.0. The first-order valence-corrected chi connectivity index (χ1v) is 14.3. The second-order valence-electron chi connectivity index (χ2n) is 8.83.